The van der Waals surface area contributed by atoms with E-state index in [1.807, 2.05) is 0 Å². The summed E-state index contributed by atoms with van der Waals surface area (Å²) in [6.45, 7) is 2.40. The van der Waals surface area contributed by atoms with E-state index < -0.39 is 22.9 Å². The number of nitrogen functional groups attached to an aromatic ring is 1. The SMILES string of the molecule is CCOC(=O)Cc1nc2c(s1)CNC(C(=O)[C@H](Cc1ccc([N+](=O)[O-])cc1)NC(=O)c1ccc(C(=N)N)cc1)C2. The molecule has 0 fully saturated rings. The number of benzene rings is 2. The lowest BCUT2D eigenvalue weighted by Crippen LogP contribution is -2.52. The van der Waals surface area contributed by atoms with Crippen LogP contribution in [0.2, 0.25) is 0 Å². The molecule has 0 bridgehead atoms. The maximum absolute atomic E-state index is 13.7. The number of nitrogens with one attached hydrogen (secondary N) is 3. The molecule has 0 radical (unpaired) electrons. The number of carbonyl (C=O) groups is 3. The van der Waals surface area contributed by atoms with Crippen LogP contribution in [0.1, 0.15) is 44.0 Å². The summed E-state index contributed by atoms with van der Waals surface area (Å²) in [5, 5.41) is 25.2. The van der Waals surface area contributed by atoms with Crippen LogP contribution in [0.5, 0.6) is 0 Å². The highest BCUT2D eigenvalue weighted by molar-refractivity contribution is 7.11. The third-order valence-electron chi connectivity index (χ3n) is 6.37. The monoisotopic (exact) mass is 564 g/mol. The van der Waals surface area contributed by atoms with E-state index in [0.717, 1.165) is 10.6 Å². The van der Waals surface area contributed by atoms with E-state index in [1.54, 1.807) is 31.2 Å². The fourth-order valence-corrected chi connectivity index (χ4v) is 5.36. The van der Waals surface area contributed by atoms with Crippen LogP contribution in [0, 0.1) is 15.5 Å². The second kappa shape index (κ2) is 12.6. The van der Waals surface area contributed by atoms with Gasteiger partial charge in [0.05, 0.1) is 35.7 Å². The molecule has 208 valence electrons. The first-order valence-electron chi connectivity index (χ1n) is 12.5. The second-order valence-corrected chi connectivity index (χ2v) is 10.3. The van der Waals surface area contributed by atoms with Gasteiger partial charge >= 0.3 is 5.97 Å². The molecule has 2 aromatic carbocycles. The van der Waals surface area contributed by atoms with Gasteiger partial charge in [0.15, 0.2) is 5.78 Å². The number of non-ortho nitro benzene ring substituents is 1. The van der Waals surface area contributed by atoms with E-state index in [2.05, 4.69) is 15.6 Å². The van der Waals surface area contributed by atoms with Crippen molar-refractivity contribution in [3.05, 3.63) is 90.9 Å². The zero-order valence-corrected chi connectivity index (χ0v) is 22.5. The topological polar surface area (TPSA) is 190 Å². The summed E-state index contributed by atoms with van der Waals surface area (Å²) in [4.78, 5) is 54.7. The quantitative estimate of drug-likeness (QED) is 0.0887. The predicted octanol–water partition coefficient (Wildman–Crippen LogP) is 2.07. The van der Waals surface area contributed by atoms with E-state index in [9.17, 15) is 24.5 Å². The van der Waals surface area contributed by atoms with Gasteiger partial charge in [-0.2, -0.15) is 0 Å². The molecule has 3 aromatic rings. The Labute approximate surface area is 233 Å². The molecule has 0 aliphatic carbocycles. The zero-order valence-electron chi connectivity index (χ0n) is 21.6. The number of Topliss-reactive ketones (excluding diaryl/α,β-unsaturated/α-hetero) is 1. The van der Waals surface area contributed by atoms with Crippen molar-refractivity contribution in [2.75, 3.05) is 6.61 Å². The van der Waals surface area contributed by atoms with Crippen LogP contribution in [0.4, 0.5) is 5.69 Å². The lowest BCUT2D eigenvalue weighted by Gasteiger charge is -2.27. The van der Waals surface area contributed by atoms with Gasteiger partial charge in [-0.25, -0.2) is 4.98 Å². The first kappa shape index (κ1) is 28.5. The first-order valence-corrected chi connectivity index (χ1v) is 13.3. The fourth-order valence-electron chi connectivity index (χ4n) is 4.33. The number of amides is 1. The summed E-state index contributed by atoms with van der Waals surface area (Å²) >= 11 is 1.39. The van der Waals surface area contributed by atoms with Crippen molar-refractivity contribution in [3.63, 3.8) is 0 Å². The van der Waals surface area contributed by atoms with Gasteiger partial charge in [-0.05, 0) is 31.0 Å². The number of aromatic nitrogens is 1. The summed E-state index contributed by atoms with van der Waals surface area (Å²) in [7, 11) is 0. The van der Waals surface area contributed by atoms with Crippen LogP contribution in [0.3, 0.4) is 0 Å². The smallest absolute Gasteiger partial charge is 0.312 e. The number of thiazole rings is 1. The second-order valence-electron chi connectivity index (χ2n) is 9.14. The Morgan fingerprint density at radius 2 is 1.88 bits per heavy atom. The number of amidine groups is 1. The number of nitro benzene ring substituents is 1. The number of nitrogens with two attached hydrogens (primary N) is 1. The van der Waals surface area contributed by atoms with Crippen molar-refractivity contribution in [1.82, 2.24) is 15.6 Å². The Bertz CT molecular complexity index is 1440. The molecule has 1 aliphatic rings. The molecule has 0 spiro atoms. The molecular formula is C27H28N6O6S. The number of ketones is 1. The third kappa shape index (κ3) is 6.93. The lowest BCUT2D eigenvalue weighted by atomic mass is 9.93. The van der Waals surface area contributed by atoms with Crippen molar-refractivity contribution in [3.8, 4) is 0 Å². The summed E-state index contributed by atoms with van der Waals surface area (Å²) in [5.41, 5.74) is 7.52. The minimum atomic E-state index is -0.946. The number of rotatable bonds is 11. The highest BCUT2D eigenvalue weighted by Crippen LogP contribution is 2.25. The Morgan fingerprint density at radius 3 is 2.50 bits per heavy atom. The minimum absolute atomic E-state index is 0.0609. The van der Waals surface area contributed by atoms with E-state index in [-0.39, 0.29) is 54.7 Å². The fraction of sp³-hybridized carbons (Fsp3) is 0.296. The van der Waals surface area contributed by atoms with Crippen molar-refractivity contribution in [2.24, 2.45) is 5.73 Å². The minimum Gasteiger partial charge on any atom is -0.466 e. The Balaban J connectivity index is 1.53. The van der Waals surface area contributed by atoms with Crippen molar-refractivity contribution in [1.29, 1.82) is 5.41 Å². The van der Waals surface area contributed by atoms with Gasteiger partial charge in [-0.15, -0.1) is 11.3 Å². The van der Waals surface area contributed by atoms with Crippen LogP contribution in [0.25, 0.3) is 0 Å². The molecule has 13 heteroatoms. The number of esters is 1. The molecule has 0 saturated carbocycles. The average molecular weight is 565 g/mol. The molecule has 1 amide bonds. The number of fused-ring (bicyclic) bond motifs is 1. The Hall–Kier alpha value is -4.49. The first-order chi connectivity index (χ1) is 19.1. The Morgan fingerprint density at radius 1 is 1.20 bits per heavy atom. The number of hydrogen-bond acceptors (Lipinski definition) is 10. The zero-order chi connectivity index (χ0) is 28.8. The molecule has 1 unspecified atom stereocenters. The highest BCUT2D eigenvalue weighted by atomic mass is 32.1. The number of ether oxygens (including phenoxy) is 1. The standard InChI is InChI=1S/C27H28N6O6S/c1-2-39-24(34)13-23-31-19-12-20(30-14-22(19)40-23)25(35)21(11-15-3-9-18(10-4-15)33(37)38)32-27(36)17-7-5-16(6-8-17)26(28)29/h3-10,20-21,30H,2,11-14H2,1H3,(H3,28,29)(H,32,36)/t20?,21-/m0/s1. The normalized spacial score (nSPS) is 15.0. The van der Waals surface area contributed by atoms with E-state index >= 15 is 0 Å². The summed E-state index contributed by atoms with van der Waals surface area (Å²) in [6.07, 6.45) is 0.461. The predicted molar refractivity (Wildman–Crippen MR) is 147 cm³/mol. The number of nitro groups is 1. The van der Waals surface area contributed by atoms with E-state index in [4.69, 9.17) is 15.9 Å². The lowest BCUT2D eigenvalue weighted by molar-refractivity contribution is -0.384. The summed E-state index contributed by atoms with van der Waals surface area (Å²) < 4.78 is 5.00. The van der Waals surface area contributed by atoms with E-state index in [1.165, 1.54) is 35.6 Å². The maximum Gasteiger partial charge on any atom is 0.312 e. The van der Waals surface area contributed by atoms with Gasteiger partial charge in [0.2, 0.25) is 0 Å². The molecule has 12 nitrogen and oxygen atoms in total. The molecule has 0 saturated heterocycles. The van der Waals surface area contributed by atoms with Gasteiger partial charge in [0.1, 0.15) is 10.8 Å². The maximum atomic E-state index is 13.7. The van der Waals surface area contributed by atoms with Gasteiger partial charge in [-0.3, -0.25) is 29.9 Å². The van der Waals surface area contributed by atoms with Crippen LogP contribution >= 0.6 is 11.3 Å². The third-order valence-corrected chi connectivity index (χ3v) is 7.46. The van der Waals surface area contributed by atoms with Crippen molar-refractivity contribution in [2.45, 2.75) is 44.8 Å². The molecular weight excluding hydrogens is 536 g/mol. The molecule has 40 heavy (non-hydrogen) atoms. The van der Waals surface area contributed by atoms with Crippen LogP contribution in [-0.4, -0.2) is 52.1 Å². The van der Waals surface area contributed by atoms with Gasteiger partial charge in [-0.1, -0.05) is 24.3 Å². The summed E-state index contributed by atoms with van der Waals surface area (Å²) in [5.74, 6) is -1.25. The van der Waals surface area contributed by atoms with E-state index in [0.29, 0.717) is 22.7 Å². The van der Waals surface area contributed by atoms with Crippen LogP contribution in [0.15, 0.2) is 48.5 Å². The molecule has 1 aliphatic heterocycles. The van der Waals surface area contributed by atoms with Crippen molar-refractivity contribution >= 4 is 40.5 Å². The molecule has 2 heterocycles. The van der Waals surface area contributed by atoms with Gasteiger partial charge in [0, 0.05) is 41.1 Å². The van der Waals surface area contributed by atoms with Crippen molar-refractivity contribution < 1.29 is 24.0 Å². The molecule has 5 N–H and O–H groups in total. The van der Waals surface area contributed by atoms with Crippen LogP contribution in [-0.2, 0) is 40.1 Å². The Kier molecular flexibility index (Phi) is 8.97. The number of carbonyl (C=O) groups excluding carboxylic acids is 3. The number of hydrogen-bond donors (Lipinski definition) is 4. The number of nitrogens with zero attached hydrogens (tertiary/aromatic N) is 2. The largest absolute Gasteiger partial charge is 0.466 e. The average Bonchev–Trinajstić information content (AvgIpc) is 3.34. The molecule has 4 rings (SSSR count). The van der Waals surface area contributed by atoms with Crippen LogP contribution < -0.4 is 16.4 Å². The molecule has 2 atom stereocenters. The van der Waals surface area contributed by atoms with Gasteiger partial charge in [0.25, 0.3) is 11.6 Å². The molecule has 1 aromatic heterocycles. The highest BCUT2D eigenvalue weighted by Gasteiger charge is 2.33. The van der Waals surface area contributed by atoms with Gasteiger partial charge < -0.3 is 21.1 Å². The summed E-state index contributed by atoms with van der Waals surface area (Å²) in [6, 6.07) is 10.4.